The summed E-state index contributed by atoms with van der Waals surface area (Å²) in [4.78, 5) is 4.47. The van der Waals surface area contributed by atoms with Crippen LogP contribution in [0.2, 0.25) is 0 Å². The highest BCUT2D eigenvalue weighted by Crippen LogP contribution is 2.39. The molecule has 1 atom stereocenters. The lowest BCUT2D eigenvalue weighted by Crippen LogP contribution is -2.09. The van der Waals surface area contributed by atoms with Crippen molar-refractivity contribution in [3.63, 3.8) is 0 Å². The summed E-state index contributed by atoms with van der Waals surface area (Å²) in [6, 6.07) is 8.43. The number of rotatable bonds is 1. The zero-order chi connectivity index (χ0) is 22.6. The van der Waals surface area contributed by atoms with Gasteiger partial charge in [-0.1, -0.05) is 30.7 Å². The minimum Gasteiger partial charge on any atom is -0.482 e. The summed E-state index contributed by atoms with van der Waals surface area (Å²) in [5.74, 6) is 0.968. The Morgan fingerprint density at radius 3 is 2.78 bits per heavy atom. The molecule has 32 heavy (non-hydrogen) atoms. The largest absolute Gasteiger partial charge is 0.482 e. The summed E-state index contributed by atoms with van der Waals surface area (Å²) >= 11 is 0. The molecular weight excluding hydrogens is 400 g/mol. The average molecular weight is 429 g/mol. The first-order valence-corrected chi connectivity index (χ1v) is 11.0. The molecule has 164 valence electrons. The number of ether oxygens (including phenoxy) is 1. The van der Waals surface area contributed by atoms with Crippen molar-refractivity contribution >= 4 is 5.82 Å². The van der Waals surface area contributed by atoms with E-state index >= 15 is 0 Å². The van der Waals surface area contributed by atoms with E-state index in [4.69, 9.17) is 20.7 Å². The molecule has 0 fully saturated rings. The van der Waals surface area contributed by atoms with Crippen LogP contribution >= 0.6 is 0 Å². The maximum atomic E-state index is 6.41. The Kier molecular flexibility index (Phi) is 4.77. The van der Waals surface area contributed by atoms with E-state index < -0.39 is 0 Å². The van der Waals surface area contributed by atoms with Gasteiger partial charge < -0.3 is 10.5 Å². The molecule has 7 nitrogen and oxygen atoms in total. The Labute approximate surface area is 187 Å². The van der Waals surface area contributed by atoms with E-state index in [0.29, 0.717) is 18.0 Å². The molecule has 1 aliphatic rings. The second-order valence-corrected chi connectivity index (χ2v) is 8.56. The van der Waals surface area contributed by atoms with E-state index in [-0.39, 0.29) is 6.10 Å². The molecule has 1 aromatic carbocycles. The maximum absolute atomic E-state index is 6.41. The van der Waals surface area contributed by atoms with Crippen LogP contribution < -0.4 is 10.5 Å². The number of hydrogen-bond acceptors (Lipinski definition) is 5. The first-order chi connectivity index (χ1) is 15.4. The fourth-order valence-corrected chi connectivity index (χ4v) is 4.65. The lowest BCUT2D eigenvalue weighted by molar-refractivity contribution is 0.228. The molecule has 1 unspecified atom stereocenters. The number of benzene rings is 1. The summed E-state index contributed by atoms with van der Waals surface area (Å²) in [7, 11) is 3.97. The van der Waals surface area contributed by atoms with Gasteiger partial charge in [-0.05, 0) is 26.3 Å². The number of fused-ring (bicyclic) bond motifs is 7. The van der Waals surface area contributed by atoms with Crippen LogP contribution in [0.5, 0.6) is 5.75 Å². The second kappa shape index (κ2) is 7.51. The molecule has 4 heterocycles. The van der Waals surface area contributed by atoms with Crippen molar-refractivity contribution in [1.82, 2.24) is 24.5 Å². The van der Waals surface area contributed by atoms with Crippen LogP contribution in [0.15, 0.2) is 36.7 Å². The monoisotopic (exact) mass is 428 g/mol. The Bertz CT molecular complexity index is 1330. The van der Waals surface area contributed by atoms with Crippen LogP contribution in [0.3, 0.4) is 0 Å². The Balaban J connectivity index is 1.84. The molecule has 7 heteroatoms. The summed E-state index contributed by atoms with van der Waals surface area (Å²) < 4.78 is 10.3. The number of aryl methyl sites for hydroxylation is 4. The predicted octanol–water partition coefficient (Wildman–Crippen LogP) is 4.38. The molecule has 0 saturated heterocycles. The molecule has 5 rings (SSSR count). The number of nitrogens with two attached hydrogens (primary N) is 1. The first-order valence-electron chi connectivity index (χ1n) is 11.0. The van der Waals surface area contributed by atoms with Gasteiger partial charge in [0.1, 0.15) is 6.10 Å². The van der Waals surface area contributed by atoms with Crippen molar-refractivity contribution in [2.24, 2.45) is 14.1 Å². The Hall–Kier alpha value is -3.61. The van der Waals surface area contributed by atoms with Crippen LogP contribution in [0.4, 0.5) is 5.82 Å². The normalized spacial score (nSPS) is 15.1. The van der Waals surface area contributed by atoms with Crippen LogP contribution in [-0.4, -0.2) is 24.5 Å². The van der Waals surface area contributed by atoms with Crippen molar-refractivity contribution in [2.45, 2.75) is 39.7 Å². The van der Waals surface area contributed by atoms with E-state index in [1.54, 1.807) is 0 Å². The fourth-order valence-electron chi connectivity index (χ4n) is 4.65. The third-order valence-electron chi connectivity index (χ3n) is 6.21. The molecular formula is C25H28N6O. The minimum atomic E-state index is -0.224. The zero-order valence-electron chi connectivity index (χ0n) is 19.2. The van der Waals surface area contributed by atoms with Gasteiger partial charge in [0.15, 0.2) is 11.6 Å². The number of pyridine rings is 1. The van der Waals surface area contributed by atoms with E-state index in [0.717, 1.165) is 51.3 Å². The minimum absolute atomic E-state index is 0.224. The molecule has 0 spiro atoms. The highest BCUT2D eigenvalue weighted by molar-refractivity contribution is 5.74. The number of hydrogen-bond donors (Lipinski definition) is 1. The molecule has 2 bridgehead atoms. The third kappa shape index (κ3) is 3.25. The van der Waals surface area contributed by atoms with Gasteiger partial charge in [0.25, 0.3) is 0 Å². The number of anilines is 1. The summed E-state index contributed by atoms with van der Waals surface area (Å²) in [5, 5.41) is 9.67. The summed E-state index contributed by atoms with van der Waals surface area (Å²) in [6.07, 6.45) is 5.23. The smallest absolute Gasteiger partial charge is 0.166 e. The van der Waals surface area contributed by atoms with Gasteiger partial charge in [-0.2, -0.15) is 10.2 Å². The number of nitrogens with zero attached hydrogens (tertiary/aromatic N) is 5. The topological polar surface area (TPSA) is 83.8 Å². The molecule has 4 aromatic rings. The third-order valence-corrected chi connectivity index (χ3v) is 6.21. The lowest BCUT2D eigenvalue weighted by atomic mass is 9.93. The van der Waals surface area contributed by atoms with Crippen LogP contribution in [0.1, 0.15) is 48.0 Å². The SMILES string of the molecule is CCc1nn(C)c2c1-c1cnc(N)c(c1)OC(C)c1cc(C)ccc1-c1nn(C)cc1C2. The van der Waals surface area contributed by atoms with E-state index in [2.05, 4.69) is 43.2 Å². The molecule has 2 N–H and O–H groups in total. The van der Waals surface area contributed by atoms with Crippen molar-refractivity contribution in [3.05, 3.63) is 64.7 Å². The molecule has 0 amide bonds. The summed E-state index contributed by atoms with van der Waals surface area (Å²) in [5.41, 5.74) is 15.9. The van der Waals surface area contributed by atoms with Gasteiger partial charge in [-0.15, -0.1) is 0 Å². The number of nitrogen functional groups attached to an aromatic ring is 1. The Morgan fingerprint density at radius 1 is 1.19 bits per heavy atom. The number of aromatic nitrogens is 5. The van der Waals surface area contributed by atoms with Gasteiger partial charge in [0.05, 0.1) is 17.1 Å². The van der Waals surface area contributed by atoms with Crippen LogP contribution in [0.25, 0.3) is 22.4 Å². The van der Waals surface area contributed by atoms with E-state index in [1.807, 2.05) is 42.6 Å². The second-order valence-electron chi connectivity index (χ2n) is 8.56. The van der Waals surface area contributed by atoms with Crippen molar-refractivity contribution in [2.75, 3.05) is 5.73 Å². The van der Waals surface area contributed by atoms with Crippen molar-refractivity contribution < 1.29 is 4.74 Å². The van der Waals surface area contributed by atoms with Gasteiger partial charge in [-0.3, -0.25) is 9.36 Å². The van der Waals surface area contributed by atoms with Crippen LogP contribution in [-0.2, 0) is 26.9 Å². The van der Waals surface area contributed by atoms with Gasteiger partial charge >= 0.3 is 0 Å². The van der Waals surface area contributed by atoms with Gasteiger partial charge in [0.2, 0.25) is 0 Å². The lowest BCUT2D eigenvalue weighted by Gasteiger charge is -2.21. The van der Waals surface area contributed by atoms with Crippen molar-refractivity contribution in [1.29, 1.82) is 0 Å². The maximum Gasteiger partial charge on any atom is 0.166 e. The zero-order valence-corrected chi connectivity index (χ0v) is 19.2. The van der Waals surface area contributed by atoms with Gasteiger partial charge in [0, 0.05) is 60.7 Å². The Morgan fingerprint density at radius 2 is 2.00 bits per heavy atom. The van der Waals surface area contributed by atoms with Crippen molar-refractivity contribution in [3.8, 4) is 28.1 Å². The first kappa shape index (κ1) is 20.3. The highest BCUT2D eigenvalue weighted by Gasteiger charge is 2.25. The highest BCUT2D eigenvalue weighted by atomic mass is 16.5. The summed E-state index contributed by atoms with van der Waals surface area (Å²) in [6.45, 7) is 6.26. The molecule has 0 aliphatic carbocycles. The van der Waals surface area contributed by atoms with E-state index in [1.165, 1.54) is 5.56 Å². The standard InChI is InChI=1S/C25H28N6O/c1-6-20-23-16-11-22(25(26)27-12-16)32-15(3)19-9-14(2)7-8-18(19)24-17(13-30(4)29-24)10-21(23)31(5)28-20/h7-9,11-13,15H,6,10H2,1-5H3,(H2,26,27). The fraction of sp³-hybridized carbons (Fsp3) is 0.320. The quantitative estimate of drug-likeness (QED) is 0.486. The van der Waals surface area contributed by atoms with Crippen LogP contribution in [0, 0.1) is 6.92 Å². The molecule has 0 radical (unpaired) electrons. The molecule has 3 aromatic heterocycles. The van der Waals surface area contributed by atoms with Gasteiger partial charge in [-0.25, -0.2) is 4.98 Å². The van der Waals surface area contributed by atoms with E-state index in [9.17, 15) is 0 Å². The average Bonchev–Trinajstić information content (AvgIpc) is 3.28. The molecule has 1 aliphatic heterocycles. The predicted molar refractivity (Wildman–Crippen MR) is 125 cm³/mol. The molecule has 0 saturated carbocycles.